The number of ether oxygens (including phenoxy) is 3. The molecule has 1 aliphatic heterocycles. The Morgan fingerprint density at radius 1 is 1.17 bits per heavy atom. The molecule has 35 heavy (non-hydrogen) atoms. The van der Waals surface area contributed by atoms with E-state index >= 15 is 0 Å². The van der Waals surface area contributed by atoms with E-state index in [1.807, 2.05) is 20.8 Å². The summed E-state index contributed by atoms with van der Waals surface area (Å²) in [6, 6.07) is 4.31. The molecule has 2 heterocycles. The second-order valence-corrected chi connectivity index (χ2v) is 10.5. The van der Waals surface area contributed by atoms with Crippen molar-refractivity contribution < 1.29 is 28.6 Å². The van der Waals surface area contributed by atoms with Gasteiger partial charge in [-0.1, -0.05) is 6.07 Å². The van der Waals surface area contributed by atoms with Crippen molar-refractivity contribution in [1.82, 2.24) is 15.6 Å². The van der Waals surface area contributed by atoms with Crippen LogP contribution in [-0.2, 0) is 23.8 Å². The number of rotatable bonds is 9. The molecule has 1 unspecified atom stereocenters. The summed E-state index contributed by atoms with van der Waals surface area (Å²) in [5, 5.41) is 5.91. The molecule has 0 saturated carbocycles. The molecule has 1 fully saturated rings. The highest BCUT2D eigenvalue weighted by Crippen LogP contribution is 2.19. The van der Waals surface area contributed by atoms with E-state index in [1.54, 1.807) is 45.2 Å². The number of carbonyl (C=O) groups is 3. The van der Waals surface area contributed by atoms with Gasteiger partial charge in [-0.25, -0.2) is 9.78 Å². The topological polar surface area (TPSA) is 145 Å². The molecule has 0 radical (unpaired) electrons. The van der Waals surface area contributed by atoms with Crippen LogP contribution in [0.5, 0.6) is 0 Å². The van der Waals surface area contributed by atoms with Crippen LogP contribution in [0.1, 0.15) is 48.0 Å². The Labute approximate surface area is 207 Å². The molecule has 0 spiro atoms. The minimum absolute atomic E-state index is 0.0441. The lowest BCUT2D eigenvalue weighted by Crippen LogP contribution is -2.46. The summed E-state index contributed by atoms with van der Waals surface area (Å²) in [7, 11) is 0. The number of pyridine rings is 1. The molecule has 4 N–H and O–H groups in total. The first-order valence-electron chi connectivity index (χ1n) is 11.7. The number of nitrogens with two attached hydrogens (primary N) is 1. The highest BCUT2D eigenvalue weighted by atomic mass is 16.6. The predicted molar refractivity (Wildman–Crippen MR) is 131 cm³/mol. The van der Waals surface area contributed by atoms with E-state index in [4.69, 9.17) is 19.9 Å². The Morgan fingerprint density at radius 3 is 2.46 bits per heavy atom. The maximum atomic E-state index is 12.8. The van der Waals surface area contributed by atoms with Crippen molar-refractivity contribution in [2.75, 3.05) is 31.1 Å². The molecule has 1 aromatic rings. The summed E-state index contributed by atoms with van der Waals surface area (Å²) >= 11 is 0. The van der Waals surface area contributed by atoms with Crippen LogP contribution < -0.4 is 21.3 Å². The van der Waals surface area contributed by atoms with E-state index in [-0.39, 0.29) is 31.2 Å². The van der Waals surface area contributed by atoms with Crippen molar-refractivity contribution in [3.63, 3.8) is 0 Å². The van der Waals surface area contributed by atoms with Gasteiger partial charge in [0.1, 0.15) is 29.7 Å². The van der Waals surface area contributed by atoms with E-state index in [0.717, 1.165) is 0 Å². The van der Waals surface area contributed by atoms with Crippen LogP contribution in [0.15, 0.2) is 24.4 Å². The fraction of sp³-hybridized carbons (Fsp3) is 0.667. The monoisotopic (exact) mass is 493 g/mol. The van der Waals surface area contributed by atoms with E-state index < -0.39 is 29.3 Å². The molecule has 11 heteroatoms. The van der Waals surface area contributed by atoms with Crippen molar-refractivity contribution in [3.05, 3.63) is 24.4 Å². The van der Waals surface area contributed by atoms with Crippen molar-refractivity contribution in [2.24, 2.45) is 5.73 Å². The Hall–Kier alpha value is -2.76. The lowest BCUT2D eigenvalue weighted by molar-refractivity contribution is -0.156. The number of hydrogen-bond donors (Lipinski definition) is 3. The van der Waals surface area contributed by atoms with Crippen LogP contribution in [0, 0.1) is 0 Å². The molecule has 196 valence electrons. The molecular weight excluding hydrogens is 454 g/mol. The Balaban J connectivity index is 1.81. The third kappa shape index (κ3) is 10.6. The molecule has 1 aromatic heterocycles. The van der Waals surface area contributed by atoms with Crippen LogP contribution in [0.25, 0.3) is 0 Å². The van der Waals surface area contributed by atoms with Crippen LogP contribution in [0.4, 0.5) is 10.6 Å². The zero-order valence-electron chi connectivity index (χ0n) is 21.5. The first-order chi connectivity index (χ1) is 16.2. The lowest BCUT2D eigenvalue weighted by atomic mass is 10.2. The molecule has 11 nitrogen and oxygen atoms in total. The van der Waals surface area contributed by atoms with Crippen LogP contribution in [-0.4, -0.2) is 78.6 Å². The molecule has 0 aromatic carbocycles. The second-order valence-electron chi connectivity index (χ2n) is 10.5. The van der Waals surface area contributed by atoms with Crippen molar-refractivity contribution in [2.45, 2.75) is 77.4 Å². The molecule has 1 aliphatic rings. The SMILES string of the molecule is CC(C)(C)OC(=O)C(N)CNC(=O)CO[C@H]1CN[C@H](CN(C(=O)OC(C)(C)C)c2ccccn2)C1. The highest BCUT2D eigenvalue weighted by Gasteiger charge is 2.31. The van der Waals surface area contributed by atoms with Crippen LogP contribution >= 0.6 is 0 Å². The summed E-state index contributed by atoms with van der Waals surface area (Å²) in [4.78, 5) is 42.6. The van der Waals surface area contributed by atoms with Crippen LogP contribution in [0.3, 0.4) is 0 Å². The summed E-state index contributed by atoms with van der Waals surface area (Å²) in [6.07, 6.45) is 1.52. The number of nitrogens with one attached hydrogen (secondary N) is 2. The number of nitrogens with zero attached hydrogens (tertiary/aromatic N) is 2. The molecule has 2 amide bonds. The molecular formula is C24H39N5O6. The van der Waals surface area contributed by atoms with E-state index in [2.05, 4.69) is 15.6 Å². The van der Waals surface area contributed by atoms with E-state index in [0.29, 0.717) is 25.3 Å². The van der Waals surface area contributed by atoms with Gasteiger partial charge in [-0.2, -0.15) is 0 Å². The summed E-state index contributed by atoms with van der Waals surface area (Å²) in [6.45, 7) is 11.3. The Bertz CT molecular complexity index is 852. The Morgan fingerprint density at radius 2 is 1.86 bits per heavy atom. The molecule has 1 saturated heterocycles. The fourth-order valence-corrected chi connectivity index (χ4v) is 3.29. The van der Waals surface area contributed by atoms with Crippen molar-refractivity contribution >= 4 is 23.8 Å². The maximum Gasteiger partial charge on any atom is 0.416 e. The lowest BCUT2D eigenvalue weighted by Gasteiger charge is -2.28. The molecule has 3 atom stereocenters. The largest absolute Gasteiger partial charge is 0.459 e. The molecule has 2 rings (SSSR count). The van der Waals surface area contributed by atoms with Crippen molar-refractivity contribution in [3.8, 4) is 0 Å². The number of hydrogen-bond acceptors (Lipinski definition) is 9. The third-order valence-electron chi connectivity index (χ3n) is 4.80. The molecule has 0 aliphatic carbocycles. The number of aromatic nitrogens is 1. The van der Waals surface area contributed by atoms with Gasteiger partial charge in [-0.05, 0) is 60.1 Å². The first-order valence-corrected chi connectivity index (χ1v) is 11.7. The summed E-state index contributed by atoms with van der Waals surface area (Å²) in [5.41, 5.74) is 4.49. The van der Waals surface area contributed by atoms with Gasteiger partial charge >= 0.3 is 12.1 Å². The van der Waals surface area contributed by atoms with Gasteiger partial charge in [0.15, 0.2) is 0 Å². The third-order valence-corrected chi connectivity index (χ3v) is 4.80. The summed E-state index contributed by atoms with van der Waals surface area (Å²) in [5.74, 6) is -0.464. The van der Waals surface area contributed by atoms with Gasteiger partial charge in [-0.3, -0.25) is 14.5 Å². The second kappa shape index (κ2) is 12.3. The smallest absolute Gasteiger partial charge is 0.416 e. The first kappa shape index (κ1) is 28.5. The minimum atomic E-state index is -0.957. The van der Waals surface area contributed by atoms with E-state index in [9.17, 15) is 14.4 Å². The molecule has 0 bridgehead atoms. The van der Waals surface area contributed by atoms with Crippen LogP contribution in [0.2, 0.25) is 0 Å². The van der Waals surface area contributed by atoms with Crippen molar-refractivity contribution in [1.29, 1.82) is 0 Å². The average molecular weight is 494 g/mol. The minimum Gasteiger partial charge on any atom is -0.459 e. The number of amides is 2. The van der Waals surface area contributed by atoms with Gasteiger partial charge in [-0.15, -0.1) is 0 Å². The fourth-order valence-electron chi connectivity index (χ4n) is 3.29. The zero-order valence-corrected chi connectivity index (χ0v) is 21.5. The normalized spacial score (nSPS) is 19.1. The number of carbonyl (C=O) groups excluding carboxylic acids is 3. The predicted octanol–water partition coefficient (Wildman–Crippen LogP) is 1.36. The Kier molecular flexibility index (Phi) is 9.99. The van der Waals surface area contributed by atoms with Gasteiger partial charge in [0.25, 0.3) is 0 Å². The van der Waals surface area contributed by atoms with Gasteiger partial charge in [0, 0.05) is 31.9 Å². The van der Waals surface area contributed by atoms with E-state index in [1.165, 1.54) is 4.90 Å². The van der Waals surface area contributed by atoms with Gasteiger partial charge in [0.05, 0.1) is 6.10 Å². The summed E-state index contributed by atoms with van der Waals surface area (Å²) < 4.78 is 16.5. The van der Waals surface area contributed by atoms with Gasteiger partial charge < -0.3 is 30.6 Å². The number of esters is 1. The standard InChI is InChI=1S/C24H39N5O6/c1-23(2,3)34-21(31)18(25)13-28-20(30)15-33-17-11-16(27-12-17)14-29(19-9-7-8-10-26-19)22(32)35-24(4,5)6/h7-10,16-18,27H,11-15,25H2,1-6H3,(H,28,30)/t16-,17+,18?/m0/s1. The zero-order chi connectivity index (χ0) is 26.2. The van der Waals surface area contributed by atoms with Gasteiger partial charge in [0.2, 0.25) is 5.91 Å². The quantitative estimate of drug-likeness (QED) is 0.434. The average Bonchev–Trinajstić information content (AvgIpc) is 3.20. The number of anilines is 1. The highest BCUT2D eigenvalue weighted by molar-refractivity contribution is 5.86. The maximum absolute atomic E-state index is 12.8.